The molecule has 1 aliphatic rings. The highest BCUT2D eigenvalue weighted by Crippen LogP contribution is 2.37. The molecular weight excluding hydrogens is 466 g/mol. The number of carbonyl (C=O) groups excluding carboxylic acids is 1. The van der Waals surface area contributed by atoms with Crippen molar-refractivity contribution in [1.29, 1.82) is 5.26 Å². The van der Waals surface area contributed by atoms with Crippen molar-refractivity contribution in [2.45, 2.75) is 24.4 Å². The smallest absolute Gasteiger partial charge is 0.240 e. The Balaban J connectivity index is 0.00000289. The zero-order chi connectivity index (χ0) is 21.8. The van der Waals surface area contributed by atoms with Gasteiger partial charge in [-0.3, -0.25) is 9.69 Å². The number of carbonyl (C=O) groups is 1. The number of sulfone groups is 1. The molecule has 1 amide bonds. The van der Waals surface area contributed by atoms with Gasteiger partial charge < -0.3 is 5.32 Å². The molecule has 1 N–H and O–H groups in total. The van der Waals surface area contributed by atoms with Crippen LogP contribution in [0.3, 0.4) is 0 Å². The number of anilines is 1. The van der Waals surface area contributed by atoms with Crippen LogP contribution >= 0.6 is 23.7 Å². The molecule has 0 saturated carbocycles. The molecule has 1 aromatic heterocycles. The van der Waals surface area contributed by atoms with E-state index in [-0.39, 0.29) is 17.3 Å². The summed E-state index contributed by atoms with van der Waals surface area (Å²) in [6.07, 6.45) is 0.722. The van der Waals surface area contributed by atoms with Crippen LogP contribution in [0.25, 0.3) is 0 Å². The van der Waals surface area contributed by atoms with Crippen molar-refractivity contribution >= 4 is 44.5 Å². The first kappa shape index (κ1) is 24.0. The summed E-state index contributed by atoms with van der Waals surface area (Å²) in [6, 6.07) is 20.3. The maximum absolute atomic E-state index is 12.5. The van der Waals surface area contributed by atoms with Crippen LogP contribution in [0.1, 0.15) is 21.6 Å². The van der Waals surface area contributed by atoms with E-state index in [1.165, 1.54) is 29.0 Å². The minimum absolute atomic E-state index is 0. The van der Waals surface area contributed by atoms with Crippen LogP contribution in [-0.4, -0.2) is 31.5 Å². The Kier molecular flexibility index (Phi) is 7.69. The minimum Gasteiger partial charge on any atom is -0.316 e. The molecule has 6 nitrogen and oxygen atoms in total. The first-order valence-corrected chi connectivity index (χ1v) is 12.3. The molecule has 0 bridgehead atoms. The van der Waals surface area contributed by atoms with Crippen LogP contribution in [0.2, 0.25) is 0 Å². The lowest BCUT2D eigenvalue weighted by atomic mass is 10.0. The summed E-state index contributed by atoms with van der Waals surface area (Å²) in [5.74, 6) is -1.30. The van der Waals surface area contributed by atoms with Crippen molar-refractivity contribution < 1.29 is 13.2 Å². The van der Waals surface area contributed by atoms with Gasteiger partial charge in [0.2, 0.25) is 5.91 Å². The van der Waals surface area contributed by atoms with Gasteiger partial charge in [0.05, 0.1) is 10.5 Å². The Morgan fingerprint density at radius 2 is 1.75 bits per heavy atom. The molecule has 0 saturated heterocycles. The first-order chi connectivity index (χ1) is 15.0. The number of nitriles is 1. The Hall–Kier alpha value is -2.70. The van der Waals surface area contributed by atoms with Gasteiger partial charge in [-0.1, -0.05) is 48.5 Å². The fourth-order valence-electron chi connectivity index (χ4n) is 3.69. The number of hydrogen-bond donors (Lipinski definition) is 1. The van der Waals surface area contributed by atoms with Crippen LogP contribution in [0.15, 0.2) is 65.6 Å². The van der Waals surface area contributed by atoms with Gasteiger partial charge in [0.1, 0.15) is 16.8 Å². The molecule has 166 valence electrons. The van der Waals surface area contributed by atoms with E-state index in [9.17, 15) is 18.5 Å². The van der Waals surface area contributed by atoms with Gasteiger partial charge in [0.15, 0.2) is 9.84 Å². The summed E-state index contributed by atoms with van der Waals surface area (Å²) >= 11 is 1.36. The molecular formula is C23H22ClN3O3S2. The Morgan fingerprint density at radius 1 is 1.09 bits per heavy atom. The molecule has 0 spiro atoms. The zero-order valence-corrected chi connectivity index (χ0v) is 19.6. The second-order valence-corrected chi connectivity index (χ2v) is 10.5. The van der Waals surface area contributed by atoms with Gasteiger partial charge in [0, 0.05) is 24.5 Å². The maximum atomic E-state index is 12.5. The van der Waals surface area contributed by atoms with Crippen LogP contribution in [0, 0.1) is 11.3 Å². The quantitative estimate of drug-likeness (QED) is 0.567. The summed E-state index contributed by atoms with van der Waals surface area (Å²) in [5.41, 5.74) is 2.63. The number of nitrogens with zero attached hydrogens (tertiary/aromatic N) is 2. The van der Waals surface area contributed by atoms with Gasteiger partial charge >= 0.3 is 0 Å². The lowest BCUT2D eigenvalue weighted by Gasteiger charge is -2.26. The van der Waals surface area contributed by atoms with Gasteiger partial charge in [-0.2, -0.15) is 5.26 Å². The topological polar surface area (TPSA) is 90.3 Å². The molecule has 1 aliphatic heterocycles. The number of hydrogen-bond acceptors (Lipinski definition) is 6. The second-order valence-electron chi connectivity index (χ2n) is 7.39. The molecule has 0 fully saturated rings. The number of halogens is 1. The zero-order valence-electron chi connectivity index (χ0n) is 17.2. The molecule has 9 heteroatoms. The standard InChI is InChI=1S/C23H21N3O3S2.ClH/c24-13-20-19-11-12-26(14-17-7-3-1-4-8-17)15-21(19)30-23(20)25-22(27)16-31(28,29)18-9-5-2-6-10-18;/h1-10H,11-12,14-16H2,(H,25,27);1H. The Morgan fingerprint density at radius 3 is 2.41 bits per heavy atom. The highest BCUT2D eigenvalue weighted by atomic mass is 35.5. The van der Waals surface area contributed by atoms with E-state index in [0.717, 1.165) is 30.0 Å². The van der Waals surface area contributed by atoms with E-state index in [2.05, 4.69) is 28.4 Å². The summed E-state index contributed by atoms with van der Waals surface area (Å²) in [5, 5.41) is 12.8. The molecule has 2 aromatic carbocycles. The summed E-state index contributed by atoms with van der Waals surface area (Å²) in [4.78, 5) is 15.9. The number of thiophene rings is 1. The molecule has 0 atom stereocenters. The third-order valence-corrected chi connectivity index (χ3v) is 7.94. The SMILES string of the molecule is Cl.N#Cc1c(NC(=O)CS(=O)(=O)c2ccccc2)sc2c1CCN(Cc1ccccc1)C2. The highest BCUT2D eigenvalue weighted by molar-refractivity contribution is 7.92. The van der Waals surface area contributed by atoms with E-state index in [0.29, 0.717) is 17.1 Å². The van der Waals surface area contributed by atoms with Gasteiger partial charge in [-0.05, 0) is 29.7 Å². The number of nitrogens with one attached hydrogen (secondary N) is 1. The van der Waals surface area contributed by atoms with Crippen molar-refractivity contribution in [1.82, 2.24) is 4.90 Å². The lowest BCUT2D eigenvalue weighted by Crippen LogP contribution is -2.29. The molecule has 0 unspecified atom stereocenters. The molecule has 3 aromatic rings. The number of amides is 1. The Bertz CT molecular complexity index is 1240. The average molecular weight is 488 g/mol. The van der Waals surface area contributed by atoms with Gasteiger partial charge in [-0.15, -0.1) is 23.7 Å². The van der Waals surface area contributed by atoms with Crippen molar-refractivity contribution in [3.05, 3.63) is 82.2 Å². The maximum Gasteiger partial charge on any atom is 0.240 e. The van der Waals surface area contributed by atoms with Crippen molar-refractivity contribution in [3.63, 3.8) is 0 Å². The van der Waals surface area contributed by atoms with Crippen LogP contribution in [0.5, 0.6) is 0 Å². The lowest BCUT2D eigenvalue weighted by molar-refractivity contribution is -0.113. The fourth-order valence-corrected chi connectivity index (χ4v) is 6.10. The van der Waals surface area contributed by atoms with E-state index >= 15 is 0 Å². The van der Waals surface area contributed by atoms with Crippen molar-refractivity contribution in [2.75, 3.05) is 17.6 Å². The predicted molar refractivity (Wildman–Crippen MR) is 128 cm³/mol. The highest BCUT2D eigenvalue weighted by Gasteiger charge is 2.26. The summed E-state index contributed by atoms with van der Waals surface area (Å²) in [6.45, 7) is 2.34. The molecule has 4 rings (SSSR count). The van der Waals surface area contributed by atoms with Crippen molar-refractivity contribution in [2.24, 2.45) is 0 Å². The van der Waals surface area contributed by atoms with E-state index in [1.54, 1.807) is 18.2 Å². The number of rotatable bonds is 6. The van der Waals surface area contributed by atoms with E-state index < -0.39 is 21.5 Å². The molecule has 2 heterocycles. The predicted octanol–water partition coefficient (Wildman–Crippen LogP) is 4.01. The Labute approximate surface area is 197 Å². The molecule has 32 heavy (non-hydrogen) atoms. The summed E-state index contributed by atoms with van der Waals surface area (Å²) in [7, 11) is -3.74. The minimum atomic E-state index is -3.74. The fraction of sp³-hybridized carbons (Fsp3) is 0.217. The number of benzene rings is 2. The molecule has 0 radical (unpaired) electrons. The monoisotopic (exact) mass is 487 g/mol. The first-order valence-electron chi connectivity index (χ1n) is 9.85. The molecule has 0 aliphatic carbocycles. The van der Waals surface area contributed by atoms with Crippen LogP contribution in [0.4, 0.5) is 5.00 Å². The van der Waals surface area contributed by atoms with E-state index in [4.69, 9.17) is 0 Å². The van der Waals surface area contributed by atoms with Crippen LogP contribution < -0.4 is 5.32 Å². The second kappa shape index (κ2) is 10.3. The largest absolute Gasteiger partial charge is 0.316 e. The van der Waals surface area contributed by atoms with Gasteiger partial charge in [-0.25, -0.2) is 8.42 Å². The normalized spacial score (nSPS) is 13.5. The van der Waals surface area contributed by atoms with Crippen molar-refractivity contribution in [3.8, 4) is 6.07 Å². The van der Waals surface area contributed by atoms with E-state index in [1.807, 2.05) is 18.2 Å². The average Bonchev–Trinajstić information content (AvgIpc) is 3.10. The third kappa shape index (κ3) is 5.37. The van der Waals surface area contributed by atoms with Gasteiger partial charge in [0.25, 0.3) is 0 Å². The van der Waals surface area contributed by atoms with Crippen LogP contribution in [-0.2, 0) is 34.1 Å². The summed E-state index contributed by atoms with van der Waals surface area (Å²) < 4.78 is 24.9. The third-order valence-electron chi connectivity index (χ3n) is 5.17. The number of fused-ring (bicyclic) bond motifs is 1.